The van der Waals surface area contributed by atoms with E-state index in [1.807, 2.05) is 0 Å². The zero-order valence-electron chi connectivity index (χ0n) is 17.0. The third-order valence-corrected chi connectivity index (χ3v) is 5.69. The van der Waals surface area contributed by atoms with Gasteiger partial charge in [-0.1, -0.05) is 12.1 Å². The normalized spacial score (nSPS) is 20.0. The van der Waals surface area contributed by atoms with Gasteiger partial charge in [0.05, 0.1) is 23.5 Å². The van der Waals surface area contributed by atoms with Gasteiger partial charge in [0.25, 0.3) is 11.8 Å². The molecule has 0 saturated carbocycles. The summed E-state index contributed by atoms with van der Waals surface area (Å²) in [4.78, 5) is 39.5. The number of H-pyrrole nitrogens is 1. The molecular formula is C21H21F3N4O4. The quantitative estimate of drug-likeness (QED) is 0.723. The maximum atomic E-state index is 13.0. The highest BCUT2D eigenvalue weighted by Crippen LogP contribution is 2.37. The number of carbonyl (C=O) groups is 3. The molecule has 1 aromatic carbocycles. The number of alkyl halides is 3. The number of aromatic nitrogens is 2. The number of nitrogens with one attached hydrogen (secondary N) is 1. The van der Waals surface area contributed by atoms with Crippen molar-refractivity contribution in [3.8, 4) is 11.1 Å². The molecule has 11 heteroatoms. The Hall–Kier alpha value is -3.21. The SMILES string of the molecule is O=C1COCC(=O)N1CC(=O)N1CCCC[C@H]1c1[nH]ncc1-c1ccc(C(F)(F)F)cc1. The van der Waals surface area contributed by atoms with Crippen LogP contribution in [0, 0.1) is 0 Å². The lowest BCUT2D eigenvalue weighted by atomic mass is 9.94. The molecule has 1 atom stereocenters. The maximum Gasteiger partial charge on any atom is 0.416 e. The molecular weight excluding hydrogens is 429 g/mol. The van der Waals surface area contributed by atoms with Crippen molar-refractivity contribution in [1.29, 1.82) is 0 Å². The van der Waals surface area contributed by atoms with Crippen LogP contribution >= 0.6 is 0 Å². The molecule has 2 aromatic rings. The molecule has 8 nitrogen and oxygen atoms in total. The van der Waals surface area contributed by atoms with Gasteiger partial charge in [-0.15, -0.1) is 0 Å². The third-order valence-electron chi connectivity index (χ3n) is 5.69. The van der Waals surface area contributed by atoms with E-state index < -0.39 is 29.6 Å². The number of piperidine rings is 1. The lowest BCUT2D eigenvalue weighted by Crippen LogP contribution is -2.52. The zero-order chi connectivity index (χ0) is 22.9. The predicted octanol–water partition coefficient (Wildman–Crippen LogP) is 2.53. The summed E-state index contributed by atoms with van der Waals surface area (Å²) in [6.45, 7) is -0.439. The first-order chi connectivity index (χ1) is 15.3. The summed E-state index contributed by atoms with van der Waals surface area (Å²) in [5, 5.41) is 6.95. The smallest absolute Gasteiger partial charge is 0.362 e. The molecule has 2 saturated heterocycles. The topological polar surface area (TPSA) is 95.6 Å². The van der Waals surface area contributed by atoms with Gasteiger partial charge in [0, 0.05) is 12.1 Å². The Labute approximate surface area is 181 Å². The highest BCUT2D eigenvalue weighted by molar-refractivity contribution is 6.01. The molecule has 0 aliphatic carbocycles. The van der Waals surface area contributed by atoms with Gasteiger partial charge >= 0.3 is 6.18 Å². The van der Waals surface area contributed by atoms with Crippen molar-refractivity contribution in [3.63, 3.8) is 0 Å². The van der Waals surface area contributed by atoms with E-state index in [2.05, 4.69) is 10.2 Å². The van der Waals surface area contributed by atoms with Crippen molar-refractivity contribution in [3.05, 3.63) is 41.7 Å². The number of likely N-dealkylation sites (tertiary alicyclic amines) is 1. The van der Waals surface area contributed by atoms with Crippen molar-refractivity contribution < 1.29 is 32.3 Å². The number of nitrogens with zero attached hydrogens (tertiary/aromatic N) is 3. The molecule has 2 aliphatic heterocycles. The second kappa shape index (κ2) is 8.73. The van der Waals surface area contributed by atoms with E-state index in [4.69, 9.17) is 4.74 Å². The van der Waals surface area contributed by atoms with Crippen LogP contribution in [0.5, 0.6) is 0 Å². The third kappa shape index (κ3) is 4.38. The Balaban J connectivity index is 1.57. The first kappa shape index (κ1) is 22.0. The number of aromatic amines is 1. The number of hydrogen-bond acceptors (Lipinski definition) is 5. The van der Waals surface area contributed by atoms with Crippen molar-refractivity contribution in [1.82, 2.24) is 20.0 Å². The fourth-order valence-electron chi connectivity index (χ4n) is 4.07. The molecule has 0 unspecified atom stereocenters. The number of halogens is 3. The molecule has 2 fully saturated rings. The number of carbonyl (C=O) groups excluding carboxylic acids is 3. The summed E-state index contributed by atoms with van der Waals surface area (Å²) in [5.41, 5.74) is 0.998. The number of hydrogen-bond donors (Lipinski definition) is 1. The van der Waals surface area contributed by atoms with Gasteiger partial charge in [-0.3, -0.25) is 24.4 Å². The van der Waals surface area contributed by atoms with Gasteiger partial charge in [0.15, 0.2) is 0 Å². The summed E-state index contributed by atoms with van der Waals surface area (Å²) in [7, 11) is 0. The van der Waals surface area contributed by atoms with Gasteiger partial charge in [-0.2, -0.15) is 18.3 Å². The highest BCUT2D eigenvalue weighted by atomic mass is 19.4. The second-order valence-electron chi connectivity index (χ2n) is 7.74. The Kier molecular flexibility index (Phi) is 6.00. The summed E-state index contributed by atoms with van der Waals surface area (Å²) in [6.07, 6.45) is -0.693. The van der Waals surface area contributed by atoms with E-state index in [0.717, 1.165) is 29.9 Å². The highest BCUT2D eigenvalue weighted by Gasteiger charge is 2.35. The largest absolute Gasteiger partial charge is 0.416 e. The van der Waals surface area contributed by atoms with Crippen LogP contribution in [-0.4, -0.2) is 64.0 Å². The predicted molar refractivity (Wildman–Crippen MR) is 105 cm³/mol. The Bertz CT molecular complexity index is 1000. The molecule has 0 bridgehead atoms. The van der Waals surface area contributed by atoms with Gasteiger partial charge < -0.3 is 9.64 Å². The lowest BCUT2D eigenvalue weighted by molar-refractivity contribution is -0.162. The van der Waals surface area contributed by atoms with Crippen LogP contribution in [0.1, 0.15) is 36.6 Å². The number of benzene rings is 1. The number of rotatable bonds is 4. The van der Waals surface area contributed by atoms with Crippen LogP contribution < -0.4 is 0 Å². The van der Waals surface area contributed by atoms with Crippen molar-refractivity contribution >= 4 is 17.7 Å². The average Bonchev–Trinajstić information content (AvgIpc) is 3.25. The summed E-state index contributed by atoms with van der Waals surface area (Å²) < 4.78 is 43.6. The standard InChI is InChI=1S/C21H21F3N4O4/c22-21(23,24)14-6-4-13(5-7-14)15-9-25-26-20(15)16-3-1-2-8-27(16)17(29)10-28-18(30)11-32-12-19(28)31/h4-7,9,16H,1-3,8,10-12H2,(H,25,26)/t16-/m0/s1. The molecule has 3 amide bonds. The number of ether oxygens (including phenoxy) is 1. The van der Waals surface area contributed by atoms with E-state index in [1.165, 1.54) is 18.3 Å². The van der Waals surface area contributed by atoms with E-state index in [9.17, 15) is 27.6 Å². The monoisotopic (exact) mass is 450 g/mol. The number of imide groups is 1. The summed E-state index contributed by atoms with van der Waals surface area (Å²) >= 11 is 0. The molecule has 32 heavy (non-hydrogen) atoms. The van der Waals surface area contributed by atoms with Crippen molar-refractivity contribution in [2.24, 2.45) is 0 Å². The number of amides is 3. The Morgan fingerprint density at radius 2 is 1.81 bits per heavy atom. The molecule has 4 rings (SSSR count). The molecule has 1 N–H and O–H groups in total. The molecule has 0 radical (unpaired) electrons. The first-order valence-electron chi connectivity index (χ1n) is 10.2. The van der Waals surface area contributed by atoms with Crippen LogP contribution in [0.25, 0.3) is 11.1 Å². The van der Waals surface area contributed by atoms with E-state index in [0.29, 0.717) is 29.8 Å². The molecule has 1 aromatic heterocycles. The minimum absolute atomic E-state index is 0.249. The van der Waals surface area contributed by atoms with E-state index in [1.54, 1.807) is 4.90 Å². The molecule has 2 aliphatic rings. The summed E-state index contributed by atoms with van der Waals surface area (Å²) in [5.74, 6) is -1.50. The van der Waals surface area contributed by atoms with Crippen LogP contribution in [0.3, 0.4) is 0 Å². The van der Waals surface area contributed by atoms with Crippen LogP contribution in [0.15, 0.2) is 30.5 Å². The minimum atomic E-state index is -4.43. The Morgan fingerprint density at radius 1 is 1.12 bits per heavy atom. The van der Waals surface area contributed by atoms with Crippen LogP contribution in [0.4, 0.5) is 13.2 Å². The minimum Gasteiger partial charge on any atom is -0.362 e. The first-order valence-corrected chi connectivity index (χ1v) is 10.2. The second-order valence-corrected chi connectivity index (χ2v) is 7.74. The van der Waals surface area contributed by atoms with Crippen molar-refractivity contribution in [2.75, 3.05) is 26.3 Å². The average molecular weight is 450 g/mol. The van der Waals surface area contributed by atoms with Gasteiger partial charge in [-0.25, -0.2) is 0 Å². The lowest BCUT2D eigenvalue weighted by Gasteiger charge is -2.37. The van der Waals surface area contributed by atoms with Crippen LogP contribution in [0.2, 0.25) is 0 Å². The molecule has 3 heterocycles. The molecule has 170 valence electrons. The van der Waals surface area contributed by atoms with E-state index >= 15 is 0 Å². The van der Waals surface area contributed by atoms with Gasteiger partial charge in [0.1, 0.15) is 19.8 Å². The summed E-state index contributed by atoms with van der Waals surface area (Å²) in [6, 6.07) is 4.35. The van der Waals surface area contributed by atoms with Gasteiger partial charge in [0.2, 0.25) is 5.91 Å². The van der Waals surface area contributed by atoms with Crippen molar-refractivity contribution in [2.45, 2.75) is 31.5 Å². The zero-order valence-corrected chi connectivity index (χ0v) is 17.0. The van der Waals surface area contributed by atoms with E-state index in [-0.39, 0.29) is 25.7 Å². The maximum absolute atomic E-state index is 13.0. The number of morpholine rings is 1. The fourth-order valence-corrected chi connectivity index (χ4v) is 4.07. The fraction of sp³-hybridized carbons (Fsp3) is 0.429. The van der Waals surface area contributed by atoms with Crippen LogP contribution in [-0.2, 0) is 25.3 Å². The van der Waals surface area contributed by atoms with Gasteiger partial charge in [-0.05, 0) is 37.0 Å². The Morgan fingerprint density at radius 3 is 2.47 bits per heavy atom. The molecule has 0 spiro atoms.